The summed E-state index contributed by atoms with van der Waals surface area (Å²) in [4.78, 5) is 48.6. The molecule has 66 heavy (non-hydrogen) atoms. The van der Waals surface area contributed by atoms with Crippen molar-refractivity contribution in [1.82, 2.24) is 35.3 Å². The normalized spacial score (nSPS) is 15.1. The van der Waals surface area contributed by atoms with Crippen LogP contribution >= 0.6 is 0 Å². The Morgan fingerprint density at radius 1 is 0.455 bits per heavy atom. The van der Waals surface area contributed by atoms with Gasteiger partial charge in [-0.3, -0.25) is 20.2 Å². The fourth-order valence-electron chi connectivity index (χ4n) is 9.28. The first-order valence-electron chi connectivity index (χ1n) is 21.7. The minimum Gasteiger partial charge on any atom is -0.354 e. The molecule has 2 aliphatic heterocycles. The first-order valence-corrected chi connectivity index (χ1v) is 21.7. The standard InChI is InChI=1S/C56H37N9O/c66-54-51-49(37-21-9-3-10-22-37)43-31-29-41(60-43)47(35-17-5-1-6-18-35)39-27-28-40(59-39)48(36-19-7-2-8-20-36)42-30-32-44(61-42)50(38-23-11-4-12-24-38)53(62-51)56(54)52(45-25-13-15-33-57-45)64-65-55(63-56)46-26-14-16-34-58-46/h1-34H,(H3-,57,58,59,60,61,62,63,64,65,66)/p+1/t56-/m0/s1. The molecule has 312 valence electrons. The second-order valence-corrected chi connectivity index (χ2v) is 16.1. The molecule has 0 saturated carbocycles. The highest BCUT2D eigenvalue weighted by molar-refractivity contribution is 6.30. The van der Waals surface area contributed by atoms with Gasteiger partial charge in [0.2, 0.25) is 11.3 Å². The van der Waals surface area contributed by atoms with Crippen LogP contribution in [0.25, 0.3) is 77.6 Å². The van der Waals surface area contributed by atoms with Gasteiger partial charge in [-0.1, -0.05) is 103 Å². The van der Waals surface area contributed by atoms with Gasteiger partial charge in [0, 0.05) is 64.4 Å². The molecule has 4 N–H and O–H groups in total. The number of carbonyl (C=O) groups is 1. The highest BCUT2D eigenvalue weighted by atomic mass is 16.1. The molecule has 8 heterocycles. The van der Waals surface area contributed by atoms with Crippen molar-refractivity contribution in [3.63, 3.8) is 0 Å². The molecule has 0 saturated heterocycles. The highest BCUT2D eigenvalue weighted by Crippen LogP contribution is 2.47. The Labute approximate surface area is 378 Å². The van der Waals surface area contributed by atoms with Crippen LogP contribution in [0.1, 0.15) is 27.6 Å². The van der Waals surface area contributed by atoms with Gasteiger partial charge in [0.15, 0.2) is 5.84 Å². The number of nitrogens with one attached hydrogen (secondary N) is 4. The van der Waals surface area contributed by atoms with Crippen molar-refractivity contribution in [2.24, 2.45) is 10.1 Å². The Morgan fingerprint density at radius 2 is 0.939 bits per heavy atom. The number of fused-ring (bicyclic) bond motifs is 9. The maximum absolute atomic E-state index is 16.5. The molecule has 1 atom stereocenters. The van der Waals surface area contributed by atoms with Crippen LogP contribution in [0.3, 0.4) is 0 Å². The van der Waals surface area contributed by atoms with E-state index in [1.807, 2.05) is 140 Å². The van der Waals surface area contributed by atoms with E-state index in [0.29, 0.717) is 45.3 Å². The third kappa shape index (κ3) is 6.38. The molecule has 0 amide bonds. The molecule has 0 unspecified atom stereocenters. The Hall–Kier alpha value is -9.15. The summed E-state index contributed by atoms with van der Waals surface area (Å²) in [5.41, 5.74) is 15.0. The summed E-state index contributed by atoms with van der Waals surface area (Å²) < 4.78 is 0. The number of carbonyl (C=O) groups excluding carboxylic acids is 1. The molecule has 10 aromatic rings. The fourth-order valence-corrected chi connectivity index (χ4v) is 9.28. The Bertz CT molecular complexity index is 3670. The van der Waals surface area contributed by atoms with E-state index in [2.05, 4.69) is 80.0 Å². The molecule has 1 spiro atoms. The largest absolute Gasteiger partial charge is 0.354 e. The van der Waals surface area contributed by atoms with Crippen molar-refractivity contribution in [3.05, 3.63) is 229 Å². The number of pyridine rings is 2. The number of hydrazone groups is 1. The molecule has 12 rings (SSSR count). The number of Topliss-reactive ketones (excluding diaryl/α,β-unsaturated/α-hetero) is 1. The topological polar surface area (TPSA) is 140 Å². The number of aliphatic imine (C=N–C) groups is 1. The number of ketones is 1. The van der Waals surface area contributed by atoms with Gasteiger partial charge < -0.3 is 15.0 Å². The zero-order chi connectivity index (χ0) is 44.0. The van der Waals surface area contributed by atoms with Crippen LogP contribution in [-0.4, -0.2) is 47.2 Å². The second kappa shape index (κ2) is 15.9. The first-order chi connectivity index (χ1) is 32.6. The van der Waals surface area contributed by atoms with E-state index in [4.69, 9.17) is 20.1 Å². The molecule has 8 bridgehead atoms. The smallest absolute Gasteiger partial charge is 0.221 e. The third-order valence-corrected chi connectivity index (χ3v) is 12.2. The zero-order valence-corrected chi connectivity index (χ0v) is 35.3. The number of benzene rings is 4. The zero-order valence-electron chi connectivity index (χ0n) is 35.3. The highest BCUT2D eigenvalue weighted by Gasteiger charge is 2.56. The minimum absolute atomic E-state index is 0.214. The van der Waals surface area contributed by atoms with Gasteiger partial charge in [-0.25, -0.2) is 9.98 Å². The van der Waals surface area contributed by atoms with Crippen molar-refractivity contribution in [2.75, 3.05) is 0 Å². The van der Waals surface area contributed by atoms with Gasteiger partial charge in [-0.2, -0.15) is 5.10 Å². The summed E-state index contributed by atoms with van der Waals surface area (Å²) in [5.74, 6) is -0.0515. The van der Waals surface area contributed by atoms with Gasteiger partial charge in [-0.15, -0.1) is 0 Å². The van der Waals surface area contributed by atoms with Crippen molar-refractivity contribution in [1.29, 1.82) is 0 Å². The molecule has 4 aromatic carbocycles. The molecule has 10 nitrogen and oxygen atoms in total. The van der Waals surface area contributed by atoms with Crippen molar-refractivity contribution >= 4 is 50.4 Å². The predicted octanol–water partition coefficient (Wildman–Crippen LogP) is 11.8. The number of aromatic amines is 3. The number of H-pyrrole nitrogens is 3. The summed E-state index contributed by atoms with van der Waals surface area (Å²) >= 11 is 0. The van der Waals surface area contributed by atoms with E-state index in [9.17, 15) is 0 Å². The maximum Gasteiger partial charge on any atom is 0.221 e. The lowest BCUT2D eigenvalue weighted by Gasteiger charge is -2.30. The number of amidine groups is 1. The van der Waals surface area contributed by atoms with Gasteiger partial charge >= 0.3 is 0 Å². The van der Waals surface area contributed by atoms with E-state index in [1.54, 1.807) is 12.4 Å². The first kappa shape index (κ1) is 38.5. The minimum atomic E-state index is -1.86. The van der Waals surface area contributed by atoms with Crippen LogP contribution in [0.4, 0.5) is 0 Å². The number of rotatable bonds is 6. The number of aromatic nitrogens is 6. The van der Waals surface area contributed by atoms with Crippen LogP contribution in [0.5, 0.6) is 0 Å². The van der Waals surface area contributed by atoms with E-state index >= 15 is 4.79 Å². The summed E-state index contributed by atoms with van der Waals surface area (Å²) in [6.45, 7) is 0. The Morgan fingerprint density at radius 3 is 1.53 bits per heavy atom. The summed E-state index contributed by atoms with van der Waals surface area (Å²) in [6, 6.07) is 64.3. The number of nitrogens with zero attached hydrogens (tertiary/aromatic N) is 5. The van der Waals surface area contributed by atoms with Crippen LogP contribution in [0, 0.1) is 0 Å². The summed E-state index contributed by atoms with van der Waals surface area (Å²) in [5, 5.41) is 5.03. The molecular weight excluding hydrogens is 815 g/mol. The average Bonchev–Trinajstić information content (AvgIpc) is 4.22. The lowest BCUT2D eigenvalue weighted by molar-refractivity contribution is 0.0941. The van der Waals surface area contributed by atoms with Crippen LogP contribution < -0.4 is 5.43 Å². The van der Waals surface area contributed by atoms with E-state index < -0.39 is 5.54 Å². The molecule has 0 aliphatic carbocycles. The molecule has 0 fully saturated rings. The van der Waals surface area contributed by atoms with Gasteiger partial charge in [0.1, 0.15) is 33.7 Å². The van der Waals surface area contributed by atoms with E-state index in [0.717, 1.165) is 61.0 Å². The fraction of sp³-hybridized carbons (Fsp3) is 0.0179. The molecule has 0 radical (unpaired) electrons. The van der Waals surface area contributed by atoms with E-state index in [-0.39, 0.29) is 11.5 Å². The average molecular weight is 853 g/mol. The molecular formula is C56H38N9O+. The number of hydrogen-bond acceptors (Lipinski definition) is 7. The Kier molecular flexibility index (Phi) is 9.27. The summed E-state index contributed by atoms with van der Waals surface area (Å²) in [6.07, 6.45) is 3.39. The van der Waals surface area contributed by atoms with Gasteiger partial charge in [0.05, 0.1) is 28.0 Å². The molecule has 2 aliphatic rings. The lowest BCUT2D eigenvalue weighted by Crippen LogP contribution is -2.47. The quantitative estimate of drug-likeness (QED) is 0.123. The van der Waals surface area contributed by atoms with Gasteiger partial charge in [-0.05, 0) is 83.4 Å². The third-order valence-electron chi connectivity index (χ3n) is 12.2. The summed E-state index contributed by atoms with van der Waals surface area (Å²) in [7, 11) is 0. The van der Waals surface area contributed by atoms with Gasteiger partial charge in [0.25, 0.3) is 0 Å². The van der Waals surface area contributed by atoms with Crippen molar-refractivity contribution in [3.8, 4) is 44.5 Å². The number of hydrogen-bond donors (Lipinski definition) is 4. The SMILES string of the molecule is O=C1c2nc(c(-c3ccccc3)c3ccc([nH]3)c(-c3ccccc3)c3ccc([nH]3)[c+](-c3ccccc3)c3ccc([nH]3)c2-c2ccccc2)[C@]12N=C(c1ccccn1)NN=C2c1ccccn1. The van der Waals surface area contributed by atoms with Crippen LogP contribution in [0.15, 0.2) is 217 Å². The predicted molar refractivity (Wildman–Crippen MR) is 263 cm³/mol. The maximum atomic E-state index is 16.5. The molecule has 10 heteroatoms. The monoisotopic (exact) mass is 852 g/mol. The van der Waals surface area contributed by atoms with Crippen LogP contribution in [0.2, 0.25) is 0 Å². The van der Waals surface area contributed by atoms with Crippen molar-refractivity contribution in [2.45, 2.75) is 5.54 Å². The lowest BCUT2D eigenvalue weighted by atomic mass is 9.80. The van der Waals surface area contributed by atoms with Crippen LogP contribution in [-0.2, 0) is 5.54 Å². The van der Waals surface area contributed by atoms with E-state index in [1.165, 1.54) is 0 Å². The second-order valence-electron chi connectivity index (χ2n) is 16.1. The Balaban J connectivity index is 1.32. The van der Waals surface area contributed by atoms with Crippen molar-refractivity contribution < 1.29 is 4.79 Å². The molecule has 6 aromatic heterocycles.